The zero-order valence-corrected chi connectivity index (χ0v) is 15.3. The van der Waals surface area contributed by atoms with Crippen LogP contribution < -0.4 is 15.4 Å². The van der Waals surface area contributed by atoms with E-state index in [-0.39, 0.29) is 5.91 Å². The van der Waals surface area contributed by atoms with Crippen LogP contribution >= 0.6 is 0 Å². The smallest absolute Gasteiger partial charge is 0.257 e. The molecule has 0 atom stereocenters. The van der Waals surface area contributed by atoms with E-state index in [1.807, 2.05) is 55.5 Å². The average Bonchev–Trinajstić information content (AvgIpc) is 2.71. The van der Waals surface area contributed by atoms with Crippen LogP contribution in [0.5, 0.6) is 5.75 Å². The number of anilines is 2. The number of nitrogens with one attached hydrogen (secondary N) is 2. The lowest BCUT2D eigenvalue weighted by atomic mass is 10.1. The maximum absolute atomic E-state index is 12.5. The third-order valence-electron chi connectivity index (χ3n) is 4.02. The molecular weight excluding hydrogens is 338 g/mol. The monoisotopic (exact) mass is 361 g/mol. The summed E-state index contributed by atoms with van der Waals surface area (Å²) in [6.45, 7) is 3.23. The molecule has 0 aliphatic rings. The number of para-hydroxylation sites is 2. The molecule has 2 aromatic carbocycles. The molecule has 0 radical (unpaired) electrons. The van der Waals surface area contributed by atoms with Gasteiger partial charge in [0.15, 0.2) is 0 Å². The second-order valence-electron chi connectivity index (χ2n) is 5.98. The van der Waals surface area contributed by atoms with Gasteiger partial charge in [-0.15, -0.1) is 0 Å². The molecule has 0 saturated heterocycles. The molecule has 27 heavy (non-hydrogen) atoms. The minimum absolute atomic E-state index is 0.217. The van der Waals surface area contributed by atoms with Crippen LogP contribution in [0.3, 0.4) is 0 Å². The fourth-order valence-electron chi connectivity index (χ4n) is 2.66. The van der Waals surface area contributed by atoms with Crippen molar-refractivity contribution in [2.24, 2.45) is 0 Å². The summed E-state index contributed by atoms with van der Waals surface area (Å²) in [7, 11) is 0. The molecule has 3 rings (SSSR count). The Morgan fingerprint density at radius 1 is 1.00 bits per heavy atom. The summed E-state index contributed by atoms with van der Waals surface area (Å²) in [5.41, 5.74) is 2.42. The van der Waals surface area contributed by atoms with Crippen LogP contribution in [-0.4, -0.2) is 24.0 Å². The second-order valence-corrected chi connectivity index (χ2v) is 5.98. The van der Waals surface area contributed by atoms with Gasteiger partial charge in [0.2, 0.25) is 0 Å². The maximum atomic E-state index is 12.5. The number of amides is 1. The highest BCUT2D eigenvalue weighted by Gasteiger charge is 2.10. The molecule has 0 fully saturated rings. The van der Waals surface area contributed by atoms with Crippen molar-refractivity contribution in [2.45, 2.75) is 13.3 Å². The molecule has 1 heterocycles. The van der Waals surface area contributed by atoms with Crippen LogP contribution in [0.4, 0.5) is 11.5 Å². The Bertz CT molecular complexity index is 864. The highest BCUT2D eigenvalue weighted by atomic mass is 16.5. The molecule has 1 aromatic heterocycles. The number of hydrogen-bond acceptors (Lipinski definition) is 4. The van der Waals surface area contributed by atoms with E-state index < -0.39 is 0 Å². The van der Waals surface area contributed by atoms with Gasteiger partial charge in [-0.2, -0.15) is 0 Å². The van der Waals surface area contributed by atoms with E-state index in [9.17, 15) is 4.79 Å². The molecule has 3 aromatic rings. The molecule has 0 aliphatic carbocycles. The van der Waals surface area contributed by atoms with E-state index in [0.717, 1.165) is 18.8 Å². The minimum Gasteiger partial charge on any atom is -0.492 e. The predicted octanol–water partition coefficient (Wildman–Crippen LogP) is 4.39. The molecule has 0 unspecified atom stereocenters. The number of ether oxygens (including phenoxy) is 1. The van der Waals surface area contributed by atoms with Gasteiger partial charge in [0.25, 0.3) is 5.91 Å². The summed E-state index contributed by atoms with van der Waals surface area (Å²) in [6, 6.07) is 21.2. The van der Waals surface area contributed by atoms with Crippen molar-refractivity contribution in [1.82, 2.24) is 4.98 Å². The fourth-order valence-corrected chi connectivity index (χ4v) is 2.66. The van der Waals surface area contributed by atoms with E-state index in [1.54, 1.807) is 12.3 Å². The highest BCUT2D eigenvalue weighted by molar-refractivity contribution is 6.04. The first-order chi connectivity index (χ1) is 13.3. The van der Waals surface area contributed by atoms with Gasteiger partial charge in [0, 0.05) is 12.7 Å². The summed E-state index contributed by atoms with van der Waals surface area (Å²) in [5.74, 6) is 1.18. The second kappa shape index (κ2) is 9.38. The lowest BCUT2D eigenvalue weighted by Crippen LogP contribution is -2.14. The Balaban J connectivity index is 1.56. The lowest BCUT2D eigenvalue weighted by Gasteiger charge is -2.11. The largest absolute Gasteiger partial charge is 0.492 e. The lowest BCUT2D eigenvalue weighted by molar-refractivity contribution is 0.102. The summed E-state index contributed by atoms with van der Waals surface area (Å²) >= 11 is 0. The minimum atomic E-state index is -0.217. The molecular formula is C22H23N3O2. The molecule has 2 N–H and O–H groups in total. The van der Waals surface area contributed by atoms with Crippen molar-refractivity contribution in [3.05, 3.63) is 84.1 Å². The SMILES string of the molecule is CCOc1ccccc1NC(=O)c1ccc(NCCc2ccccc2)nc1. The molecule has 0 spiro atoms. The normalized spacial score (nSPS) is 10.3. The Labute approximate surface area is 159 Å². The summed E-state index contributed by atoms with van der Waals surface area (Å²) in [4.78, 5) is 16.8. The maximum Gasteiger partial charge on any atom is 0.257 e. The average molecular weight is 361 g/mol. The highest BCUT2D eigenvalue weighted by Crippen LogP contribution is 2.24. The van der Waals surface area contributed by atoms with Gasteiger partial charge in [0.05, 0.1) is 17.9 Å². The molecule has 0 aliphatic heterocycles. The van der Waals surface area contributed by atoms with E-state index >= 15 is 0 Å². The van der Waals surface area contributed by atoms with Gasteiger partial charge >= 0.3 is 0 Å². The molecule has 1 amide bonds. The Kier molecular flexibility index (Phi) is 6.41. The summed E-state index contributed by atoms with van der Waals surface area (Å²) in [5, 5.41) is 6.14. The van der Waals surface area contributed by atoms with Crippen LogP contribution in [-0.2, 0) is 6.42 Å². The summed E-state index contributed by atoms with van der Waals surface area (Å²) < 4.78 is 5.53. The predicted molar refractivity (Wildman–Crippen MR) is 108 cm³/mol. The van der Waals surface area contributed by atoms with E-state index in [4.69, 9.17) is 4.74 Å². The van der Waals surface area contributed by atoms with Crippen LogP contribution in [0.15, 0.2) is 72.9 Å². The fraction of sp³-hybridized carbons (Fsp3) is 0.182. The van der Waals surface area contributed by atoms with Gasteiger partial charge < -0.3 is 15.4 Å². The van der Waals surface area contributed by atoms with E-state index in [1.165, 1.54) is 5.56 Å². The van der Waals surface area contributed by atoms with Crippen LogP contribution in [0.25, 0.3) is 0 Å². The topological polar surface area (TPSA) is 63.2 Å². The number of carbonyl (C=O) groups excluding carboxylic acids is 1. The Hall–Kier alpha value is -3.34. The number of pyridine rings is 1. The number of nitrogens with zero attached hydrogens (tertiary/aromatic N) is 1. The van der Waals surface area contributed by atoms with Gasteiger partial charge in [-0.1, -0.05) is 42.5 Å². The van der Waals surface area contributed by atoms with Gasteiger partial charge in [-0.3, -0.25) is 4.79 Å². The zero-order chi connectivity index (χ0) is 18.9. The van der Waals surface area contributed by atoms with Crippen molar-refractivity contribution in [3.8, 4) is 5.75 Å². The number of rotatable bonds is 8. The molecule has 0 saturated carbocycles. The molecule has 0 bridgehead atoms. The van der Waals surface area contributed by atoms with E-state index in [2.05, 4.69) is 27.8 Å². The summed E-state index contributed by atoms with van der Waals surface area (Å²) in [6.07, 6.45) is 2.49. The quantitative estimate of drug-likeness (QED) is 0.625. The molecule has 5 heteroatoms. The van der Waals surface area contributed by atoms with Crippen molar-refractivity contribution in [3.63, 3.8) is 0 Å². The Morgan fingerprint density at radius 3 is 2.52 bits per heavy atom. The van der Waals surface area contributed by atoms with Gasteiger partial charge in [-0.05, 0) is 43.2 Å². The number of aromatic nitrogens is 1. The first-order valence-corrected chi connectivity index (χ1v) is 9.03. The Morgan fingerprint density at radius 2 is 1.78 bits per heavy atom. The third kappa shape index (κ3) is 5.31. The van der Waals surface area contributed by atoms with E-state index in [0.29, 0.717) is 23.6 Å². The number of hydrogen-bond donors (Lipinski definition) is 2. The van der Waals surface area contributed by atoms with Crippen molar-refractivity contribution in [1.29, 1.82) is 0 Å². The van der Waals surface area contributed by atoms with Crippen molar-refractivity contribution < 1.29 is 9.53 Å². The number of benzene rings is 2. The first-order valence-electron chi connectivity index (χ1n) is 9.03. The first kappa shape index (κ1) is 18.5. The van der Waals surface area contributed by atoms with Crippen LogP contribution in [0.2, 0.25) is 0 Å². The zero-order valence-electron chi connectivity index (χ0n) is 15.3. The van der Waals surface area contributed by atoms with Crippen molar-refractivity contribution in [2.75, 3.05) is 23.8 Å². The third-order valence-corrected chi connectivity index (χ3v) is 4.02. The van der Waals surface area contributed by atoms with Gasteiger partial charge in [0.1, 0.15) is 11.6 Å². The standard InChI is InChI=1S/C22H23N3O2/c1-2-27-20-11-7-6-10-19(20)25-22(26)18-12-13-21(24-16-18)23-15-14-17-8-4-3-5-9-17/h3-13,16H,2,14-15H2,1H3,(H,23,24)(H,25,26). The molecule has 5 nitrogen and oxygen atoms in total. The molecule has 138 valence electrons. The number of carbonyl (C=O) groups is 1. The van der Waals surface area contributed by atoms with Crippen LogP contribution in [0.1, 0.15) is 22.8 Å². The van der Waals surface area contributed by atoms with Gasteiger partial charge in [-0.25, -0.2) is 4.98 Å². The van der Waals surface area contributed by atoms with Crippen molar-refractivity contribution >= 4 is 17.4 Å². The van der Waals surface area contributed by atoms with Crippen LogP contribution in [0, 0.1) is 0 Å².